The minimum Gasteiger partial charge on any atom is -0.388 e. The third-order valence-electron chi connectivity index (χ3n) is 3.63. The van der Waals surface area contributed by atoms with E-state index < -0.39 is 12.4 Å². The van der Waals surface area contributed by atoms with Crippen molar-refractivity contribution in [1.82, 2.24) is 0 Å². The van der Waals surface area contributed by atoms with Crippen LogP contribution in [0.25, 0.3) is 0 Å². The van der Waals surface area contributed by atoms with Crippen LogP contribution in [0.3, 0.4) is 0 Å². The van der Waals surface area contributed by atoms with Gasteiger partial charge in [-0.25, -0.2) is 0 Å². The minimum absolute atomic E-state index is 0.341. The number of methoxy groups -OCH3 is 2. The topological polar surface area (TPSA) is 38.7 Å². The molecule has 1 aliphatic rings. The maximum atomic E-state index is 10.1. The van der Waals surface area contributed by atoms with Gasteiger partial charge in [0.1, 0.15) is 6.10 Å². The average molecular weight is 216 g/mol. The van der Waals surface area contributed by atoms with E-state index in [9.17, 15) is 5.11 Å². The second kappa shape index (κ2) is 6.46. The Kier molecular flexibility index (Phi) is 5.58. The Morgan fingerprint density at radius 2 is 1.93 bits per heavy atom. The third-order valence-corrected chi connectivity index (χ3v) is 3.63. The lowest BCUT2D eigenvalue weighted by Crippen LogP contribution is -2.38. The summed E-state index contributed by atoms with van der Waals surface area (Å²) in [7, 11) is 3.16. The number of ether oxygens (including phenoxy) is 2. The Balaban J connectivity index is 2.47. The first-order valence-corrected chi connectivity index (χ1v) is 5.96. The number of hydrogen-bond acceptors (Lipinski definition) is 3. The molecule has 0 spiro atoms. The van der Waals surface area contributed by atoms with Gasteiger partial charge in [-0.15, -0.1) is 0 Å². The van der Waals surface area contributed by atoms with E-state index in [4.69, 9.17) is 9.47 Å². The average Bonchev–Trinajstić information content (AvgIpc) is 2.30. The summed E-state index contributed by atoms with van der Waals surface area (Å²) < 4.78 is 10.2. The van der Waals surface area contributed by atoms with Gasteiger partial charge in [-0.05, 0) is 24.7 Å². The zero-order valence-electron chi connectivity index (χ0n) is 10.1. The summed E-state index contributed by atoms with van der Waals surface area (Å²) in [5, 5.41) is 10.1. The van der Waals surface area contributed by atoms with Crippen LogP contribution in [0.4, 0.5) is 0 Å². The van der Waals surface area contributed by atoms with Crippen LogP contribution >= 0.6 is 0 Å². The van der Waals surface area contributed by atoms with Crippen LogP contribution in [0, 0.1) is 11.8 Å². The molecule has 3 unspecified atom stereocenters. The summed E-state index contributed by atoms with van der Waals surface area (Å²) >= 11 is 0. The van der Waals surface area contributed by atoms with Gasteiger partial charge in [0.25, 0.3) is 0 Å². The highest BCUT2D eigenvalue weighted by Gasteiger charge is 2.31. The van der Waals surface area contributed by atoms with E-state index >= 15 is 0 Å². The highest BCUT2D eigenvalue weighted by atomic mass is 16.7. The van der Waals surface area contributed by atoms with Gasteiger partial charge in [-0.3, -0.25) is 0 Å². The monoisotopic (exact) mass is 216 g/mol. The normalized spacial score (nSPS) is 29.4. The van der Waals surface area contributed by atoms with Gasteiger partial charge in [0.05, 0.1) is 0 Å². The van der Waals surface area contributed by atoms with E-state index in [1.807, 2.05) is 0 Å². The van der Waals surface area contributed by atoms with Crippen molar-refractivity contribution >= 4 is 0 Å². The molecule has 0 aromatic heterocycles. The highest BCUT2D eigenvalue weighted by molar-refractivity contribution is 4.79. The lowest BCUT2D eigenvalue weighted by atomic mass is 9.77. The lowest BCUT2D eigenvalue weighted by molar-refractivity contribution is -0.182. The Morgan fingerprint density at radius 3 is 2.47 bits per heavy atom. The zero-order chi connectivity index (χ0) is 11.3. The number of rotatable bonds is 5. The fraction of sp³-hybridized carbons (Fsp3) is 1.00. The van der Waals surface area contributed by atoms with Crippen molar-refractivity contribution in [2.45, 2.75) is 51.4 Å². The van der Waals surface area contributed by atoms with Gasteiger partial charge in [-0.2, -0.15) is 0 Å². The second-order valence-corrected chi connectivity index (χ2v) is 4.53. The molecule has 3 nitrogen and oxygen atoms in total. The molecule has 0 aliphatic heterocycles. The van der Waals surface area contributed by atoms with Crippen LogP contribution in [-0.4, -0.2) is 31.7 Å². The van der Waals surface area contributed by atoms with Gasteiger partial charge in [0.2, 0.25) is 0 Å². The molecule has 1 aliphatic carbocycles. The molecule has 0 saturated heterocycles. The number of aliphatic hydroxyl groups excluding tert-OH is 1. The Bertz CT molecular complexity index is 168. The molecule has 0 aromatic rings. The molecule has 3 heteroatoms. The summed E-state index contributed by atoms with van der Waals surface area (Å²) in [6.45, 7) is 2.23. The molecule has 1 rings (SSSR count). The molecule has 0 radical (unpaired) electrons. The maximum Gasteiger partial charge on any atom is 0.182 e. The lowest BCUT2D eigenvalue weighted by Gasteiger charge is -2.34. The van der Waals surface area contributed by atoms with Gasteiger partial charge in [0, 0.05) is 14.2 Å². The van der Waals surface area contributed by atoms with E-state index in [-0.39, 0.29) is 0 Å². The molecule has 0 aromatic carbocycles. The van der Waals surface area contributed by atoms with Crippen LogP contribution in [0.5, 0.6) is 0 Å². The van der Waals surface area contributed by atoms with Gasteiger partial charge in [-0.1, -0.05) is 26.2 Å². The molecule has 90 valence electrons. The molecule has 1 saturated carbocycles. The summed E-state index contributed by atoms with van der Waals surface area (Å²) in [4.78, 5) is 0. The summed E-state index contributed by atoms with van der Waals surface area (Å²) in [5.74, 6) is 1.11. The molecule has 0 amide bonds. The summed E-state index contributed by atoms with van der Waals surface area (Å²) in [6, 6.07) is 0. The first-order valence-electron chi connectivity index (χ1n) is 5.96. The van der Waals surface area contributed by atoms with Gasteiger partial charge in [0.15, 0.2) is 6.29 Å². The Morgan fingerprint density at radius 1 is 1.27 bits per heavy atom. The minimum atomic E-state index is -0.477. The van der Waals surface area contributed by atoms with Crippen molar-refractivity contribution in [3.8, 4) is 0 Å². The highest BCUT2D eigenvalue weighted by Crippen LogP contribution is 2.34. The molecule has 0 heterocycles. The number of hydrogen-bond donors (Lipinski definition) is 1. The second-order valence-electron chi connectivity index (χ2n) is 4.53. The summed E-state index contributed by atoms with van der Waals surface area (Å²) in [5.41, 5.74) is 0. The molecule has 1 N–H and O–H groups in total. The Labute approximate surface area is 92.8 Å². The molecule has 15 heavy (non-hydrogen) atoms. The fourth-order valence-electron chi connectivity index (χ4n) is 2.61. The predicted octanol–water partition coefficient (Wildman–Crippen LogP) is 2.18. The molecule has 1 fully saturated rings. The van der Waals surface area contributed by atoms with Crippen LogP contribution in [0.1, 0.15) is 39.0 Å². The molecule has 3 atom stereocenters. The van der Waals surface area contributed by atoms with Crippen LogP contribution in [0.15, 0.2) is 0 Å². The van der Waals surface area contributed by atoms with Gasteiger partial charge >= 0.3 is 0 Å². The van der Waals surface area contributed by atoms with Crippen molar-refractivity contribution < 1.29 is 14.6 Å². The van der Waals surface area contributed by atoms with Gasteiger partial charge < -0.3 is 14.6 Å². The van der Waals surface area contributed by atoms with E-state index in [1.165, 1.54) is 19.3 Å². The van der Waals surface area contributed by atoms with Crippen LogP contribution < -0.4 is 0 Å². The maximum absolute atomic E-state index is 10.1. The predicted molar refractivity (Wildman–Crippen MR) is 59.6 cm³/mol. The summed E-state index contributed by atoms with van der Waals surface area (Å²) in [6.07, 6.45) is 5.01. The Hall–Kier alpha value is -0.120. The molecular weight excluding hydrogens is 192 g/mol. The van der Waals surface area contributed by atoms with Crippen LogP contribution in [-0.2, 0) is 9.47 Å². The van der Waals surface area contributed by atoms with Crippen molar-refractivity contribution in [2.24, 2.45) is 11.8 Å². The van der Waals surface area contributed by atoms with Crippen molar-refractivity contribution in [1.29, 1.82) is 0 Å². The molecular formula is C12H24O3. The van der Waals surface area contributed by atoms with E-state index in [0.717, 1.165) is 18.8 Å². The standard InChI is InChI=1S/C12H24O3/c1-4-9-6-5-7-10(8-9)11(13)12(14-2)15-3/h9-13H,4-8H2,1-3H3. The fourth-order valence-corrected chi connectivity index (χ4v) is 2.61. The molecule has 0 bridgehead atoms. The van der Waals surface area contributed by atoms with E-state index in [0.29, 0.717) is 5.92 Å². The van der Waals surface area contributed by atoms with E-state index in [2.05, 4.69) is 6.92 Å². The number of aliphatic hydroxyl groups is 1. The van der Waals surface area contributed by atoms with Crippen LogP contribution in [0.2, 0.25) is 0 Å². The van der Waals surface area contributed by atoms with E-state index in [1.54, 1.807) is 14.2 Å². The first kappa shape index (κ1) is 12.9. The first-order chi connectivity index (χ1) is 7.22. The van der Waals surface area contributed by atoms with Crippen molar-refractivity contribution in [3.05, 3.63) is 0 Å². The SMILES string of the molecule is CCC1CCCC(C(O)C(OC)OC)C1. The van der Waals surface area contributed by atoms with Crippen molar-refractivity contribution in [2.75, 3.05) is 14.2 Å². The zero-order valence-corrected chi connectivity index (χ0v) is 10.1. The third kappa shape index (κ3) is 3.44. The quantitative estimate of drug-likeness (QED) is 0.716. The van der Waals surface area contributed by atoms with Crippen molar-refractivity contribution in [3.63, 3.8) is 0 Å². The largest absolute Gasteiger partial charge is 0.388 e. The smallest absolute Gasteiger partial charge is 0.182 e.